The zero-order chi connectivity index (χ0) is 18.3. The van der Waals surface area contributed by atoms with Crippen LogP contribution in [0, 0.1) is 5.92 Å². The molecule has 1 saturated carbocycles. The summed E-state index contributed by atoms with van der Waals surface area (Å²) in [7, 11) is -0.778. The molecule has 0 radical (unpaired) electrons. The Kier molecular flexibility index (Phi) is 3.57. The third-order valence-corrected chi connectivity index (χ3v) is 7.56. The van der Waals surface area contributed by atoms with Crippen molar-refractivity contribution in [1.82, 2.24) is 4.90 Å². The van der Waals surface area contributed by atoms with Crippen LogP contribution in [0.25, 0.3) is 0 Å². The molecule has 26 heavy (non-hydrogen) atoms. The van der Waals surface area contributed by atoms with Crippen LogP contribution in [-0.4, -0.2) is 53.6 Å². The Bertz CT molecular complexity index is 809. The van der Waals surface area contributed by atoms with Gasteiger partial charge in [0.1, 0.15) is 12.2 Å². The maximum absolute atomic E-state index is 11.6. The number of methoxy groups -OCH3 is 1. The lowest BCUT2D eigenvalue weighted by Crippen LogP contribution is -2.66. The molecule has 5 rings (SSSR count). The number of nitrogens with zero attached hydrogens (tertiary/aromatic N) is 1. The largest absolute Gasteiger partial charge is 0.493 e. The Hall–Kier alpha value is -1.11. The van der Waals surface area contributed by atoms with Crippen LogP contribution >= 0.6 is 7.82 Å². The van der Waals surface area contributed by atoms with E-state index in [0.29, 0.717) is 24.1 Å². The van der Waals surface area contributed by atoms with Gasteiger partial charge < -0.3 is 24.2 Å². The molecule has 2 bridgehead atoms. The smallest absolute Gasteiger partial charge is 0.469 e. The molecule has 7 nitrogen and oxygen atoms in total. The standard InChI is InChI=1S/C18H24NO6P/c1-19-8-7-18-11-4-6-14(25-26(20,21)22)17(18)24-16-13(23-2)5-3-10(15(16)18)9-12(11)19/h3,5,11-12,14,17H,4,6-9H2,1-2H3,(H2,20,21,22)/t11-,12+,14?,17?,18-/m0/s1. The molecule has 1 saturated heterocycles. The predicted octanol–water partition coefficient (Wildman–Crippen LogP) is 1.84. The molecule has 1 aromatic carbocycles. The molecule has 2 heterocycles. The molecule has 2 aliphatic heterocycles. The number of likely N-dealkylation sites (N-methyl/N-ethyl adjacent to an activating group) is 1. The van der Waals surface area contributed by atoms with Crippen molar-refractivity contribution in [3.05, 3.63) is 23.3 Å². The van der Waals surface area contributed by atoms with Crippen LogP contribution in [0.5, 0.6) is 11.5 Å². The zero-order valence-electron chi connectivity index (χ0n) is 14.9. The normalized spacial score (nSPS) is 37.8. The summed E-state index contributed by atoms with van der Waals surface area (Å²) in [5.41, 5.74) is 2.23. The van der Waals surface area contributed by atoms with E-state index in [4.69, 9.17) is 14.0 Å². The molecule has 142 valence electrons. The Balaban J connectivity index is 1.69. The maximum atomic E-state index is 11.6. The number of phosphoric ester groups is 1. The van der Waals surface area contributed by atoms with Gasteiger partial charge in [-0.2, -0.15) is 0 Å². The summed E-state index contributed by atoms with van der Waals surface area (Å²) < 4.78 is 28.7. The molecule has 1 aromatic rings. The van der Waals surface area contributed by atoms with Gasteiger partial charge in [0.2, 0.25) is 0 Å². The van der Waals surface area contributed by atoms with Gasteiger partial charge in [-0.25, -0.2) is 4.57 Å². The molecule has 0 amide bonds. The quantitative estimate of drug-likeness (QED) is 0.773. The van der Waals surface area contributed by atoms with Gasteiger partial charge in [0.25, 0.3) is 0 Å². The lowest BCUT2D eigenvalue weighted by atomic mass is 9.51. The fourth-order valence-corrected chi connectivity index (χ4v) is 6.69. The summed E-state index contributed by atoms with van der Waals surface area (Å²) in [6.07, 6.45) is 2.38. The number of hydrogen-bond donors (Lipinski definition) is 2. The lowest BCUT2D eigenvalue weighted by Gasteiger charge is -2.58. The molecular formula is C18H24NO6P. The van der Waals surface area contributed by atoms with Gasteiger partial charge in [-0.3, -0.25) is 4.52 Å². The summed E-state index contributed by atoms with van der Waals surface area (Å²) >= 11 is 0. The fraction of sp³-hybridized carbons (Fsp3) is 0.667. The Morgan fingerprint density at radius 2 is 2.15 bits per heavy atom. The first-order valence-corrected chi connectivity index (χ1v) is 10.7. The number of phosphoric acid groups is 1. The number of likely N-dealkylation sites (tertiary alicyclic amines) is 1. The summed E-state index contributed by atoms with van der Waals surface area (Å²) in [6.45, 7) is 0.944. The van der Waals surface area contributed by atoms with E-state index in [1.54, 1.807) is 7.11 Å². The number of piperidine rings is 1. The monoisotopic (exact) mass is 381 g/mol. The van der Waals surface area contributed by atoms with Crippen LogP contribution in [0.3, 0.4) is 0 Å². The highest BCUT2D eigenvalue weighted by Crippen LogP contribution is 2.64. The highest BCUT2D eigenvalue weighted by atomic mass is 31.2. The molecular weight excluding hydrogens is 357 g/mol. The van der Waals surface area contributed by atoms with Crippen LogP contribution < -0.4 is 9.47 Å². The second kappa shape index (κ2) is 5.46. The minimum absolute atomic E-state index is 0.243. The molecule has 5 atom stereocenters. The molecule has 0 aromatic heterocycles. The third-order valence-electron chi connectivity index (χ3n) is 7.02. The summed E-state index contributed by atoms with van der Waals surface area (Å²) in [6, 6.07) is 4.50. The molecule has 2 N–H and O–H groups in total. The molecule has 2 unspecified atom stereocenters. The third kappa shape index (κ3) is 2.12. The Labute approximate surface area is 152 Å². The minimum Gasteiger partial charge on any atom is -0.493 e. The summed E-state index contributed by atoms with van der Waals surface area (Å²) in [5.74, 6) is 1.85. The van der Waals surface area contributed by atoms with Gasteiger partial charge in [0, 0.05) is 17.0 Å². The van der Waals surface area contributed by atoms with Gasteiger partial charge in [0.05, 0.1) is 7.11 Å². The van der Waals surface area contributed by atoms with Crippen molar-refractivity contribution in [2.75, 3.05) is 20.7 Å². The van der Waals surface area contributed by atoms with E-state index in [9.17, 15) is 14.4 Å². The number of benzene rings is 1. The van der Waals surface area contributed by atoms with Gasteiger partial charge >= 0.3 is 7.82 Å². The van der Waals surface area contributed by atoms with Crippen molar-refractivity contribution in [3.8, 4) is 11.5 Å². The van der Waals surface area contributed by atoms with E-state index in [-0.39, 0.29) is 11.5 Å². The van der Waals surface area contributed by atoms with Crippen LogP contribution in [0.15, 0.2) is 12.1 Å². The van der Waals surface area contributed by atoms with Crippen molar-refractivity contribution in [1.29, 1.82) is 0 Å². The predicted molar refractivity (Wildman–Crippen MR) is 93.5 cm³/mol. The zero-order valence-corrected chi connectivity index (χ0v) is 15.8. The lowest BCUT2D eigenvalue weighted by molar-refractivity contribution is -0.0965. The second-order valence-electron chi connectivity index (χ2n) is 8.03. The van der Waals surface area contributed by atoms with E-state index in [2.05, 4.69) is 18.0 Å². The SMILES string of the molecule is COc1ccc2c3c1OC1C(OP(=O)(O)O)CC[C@H]4[C@@H](C2)N(C)CC[C@]314. The van der Waals surface area contributed by atoms with E-state index in [0.717, 1.165) is 31.6 Å². The molecule has 8 heteroatoms. The van der Waals surface area contributed by atoms with Gasteiger partial charge in [-0.05, 0) is 56.8 Å². The van der Waals surface area contributed by atoms with Gasteiger partial charge in [-0.15, -0.1) is 0 Å². The van der Waals surface area contributed by atoms with Crippen molar-refractivity contribution in [3.63, 3.8) is 0 Å². The van der Waals surface area contributed by atoms with Crippen LogP contribution in [-0.2, 0) is 20.9 Å². The van der Waals surface area contributed by atoms with Crippen LogP contribution in [0.2, 0.25) is 0 Å². The number of rotatable bonds is 3. The van der Waals surface area contributed by atoms with Crippen molar-refractivity contribution >= 4 is 7.82 Å². The average molecular weight is 381 g/mol. The summed E-state index contributed by atoms with van der Waals surface area (Å²) in [4.78, 5) is 21.2. The molecule has 1 spiro atoms. The van der Waals surface area contributed by atoms with Crippen molar-refractivity contribution in [2.24, 2.45) is 5.92 Å². The number of ether oxygens (including phenoxy) is 2. The fourth-order valence-electron chi connectivity index (χ4n) is 6.12. The van der Waals surface area contributed by atoms with E-state index in [1.165, 1.54) is 11.1 Å². The first kappa shape index (κ1) is 17.0. The minimum atomic E-state index is -4.58. The van der Waals surface area contributed by atoms with Crippen LogP contribution in [0.4, 0.5) is 0 Å². The Morgan fingerprint density at radius 1 is 1.35 bits per heavy atom. The van der Waals surface area contributed by atoms with Crippen molar-refractivity contribution < 1.29 is 28.3 Å². The highest BCUT2D eigenvalue weighted by Gasteiger charge is 2.66. The van der Waals surface area contributed by atoms with E-state index in [1.807, 2.05) is 6.07 Å². The first-order valence-electron chi connectivity index (χ1n) is 9.16. The van der Waals surface area contributed by atoms with Gasteiger partial charge in [0.15, 0.2) is 11.5 Å². The maximum Gasteiger partial charge on any atom is 0.469 e. The molecule has 2 fully saturated rings. The van der Waals surface area contributed by atoms with E-state index < -0.39 is 13.9 Å². The average Bonchev–Trinajstić information content (AvgIpc) is 2.93. The van der Waals surface area contributed by atoms with Gasteiger partial charge in [-0.1, -0.05) is 6.07 Å². The van der Waals surface area contributed by atoms with Crippen LogP contribution in [0.1, 0.15) is 30.4 Å². The topological polar surface area (TPSA) is 88.5 Å². The summed E-state index contributed by atoms with van der Waals surface area (Å²) in [5, 5.41) is 0. The highest BCUT2D eigenvalue weighted by molar-refractivity contribution is 7.46. The first-order chi connectivity index (χ1) is 12.3. The van der Waals surface area contributed by atoms with Crippen molar-refractivity contribution in [2.45, 2.75) is 49.3 Å². The second-order valence-corrected chi connectivity index (χ2v) is 9.22. The molecule has 2 aliphatic carbocycles. The Morgan fingerprint density at radius 3 is 2.88 bits per heavy atom. The molecule has 4 aliphatic rings. The van der Waals surface area contributed by atoms with E-state index >= 15 is 0 Å². The number of hydrogen-bond acceptors (Lipinski definition) is 5.